The molecule has 0 bridgehead atoms. The van der Waals surface area contributed by atoms with Crippen molar-refractivity contribution in [2.45, 2.75) is 17.3 Å². The highest BCUT2D eigenvalue weighted by Gasteiger charge is 2.27. The van der Waals surface area contributed by atoms with Crippen LogP contribution in [0.3, 0.4) is 0 Å². The topological polar surface area (TPSA) is 54.4 Å². The summed E-state index contributed by atoms with van der Waals surface area (Å²) in [5, 5.41) is 8.47. The van der Waals surface area contributed by atoms with Gasteiger partial charge in [-0.3, -0.25) is 0 Å². The third kappa shape index (κ3) is 1.93. The molecule has 0 saturated carbocycles. The highest BCUT2D eigenvalue weighted by Crippen LogP contribution is 2.20. The molecule has 1 unspecified atom stereocenters. The maximum atomic E-state index is 12.9. The summed E-state index contributed by atoms with van der Waals surface area (Å²) in [6, 6.07) is 6.09. The van der Waals surface area contributed by atoms with E-state index in [-0.39, 0.29) is 4.90 Å². The summed E-state index contributed by atoms with van der Waals surface area (Å²) < 4.78 is 35.8. The molecule has 14 heavy (non-hydrogen) atoms. The van der Waals surface area contributed by atoms with E-state index >= 15 is 0 Å². The van der Waals surface area contributed by atoms with Crippen molar-refractivity contribution in [3.63, 3.8) is 0 Å². The predicted molar refractivity (Wildman–Crippen MR) is 50.3 cm³/mol. The SMILES string of the molecule is Cc1ccccc1S(=O)(=O)C(F)CO. The minimum Gasteiger partial charge on any atom is -0.392 e. The van der Waals surface area contributed by atoms with E-state index in [1.807, 2.05) is 0 Å². The molecule has 0 spiro atoms. The Labute approximate surface area is 82.1 Å². The molecular formula is C9H11FO3S. The Morgan fingerprint density at radius 2 is 2.00 bits per heavy atom. The lowest BCUT2D eigenvalue weighted by molar-refractivity contribution is 0.225. The van der Waals surface area contributed by atoms with Crippen molar-refractivity contribution < 1.29 is 17.9 Å². The molecule has 1 aromatic carbocycles. The molecule has 0 saturated heterocycles. The molecule has 5 heteroatoms. The highest BCUT2D eigenvalue weighted by atomic mass is 32.2. The monoisotopic (exact) mass is 218 g/mol. The lowest BCUT2D eigenvalue weighted by atomic mass is 10.2. The molecule has 0 heterocycles. The molecule has 0 fully saturated rings. The summed E-state index contributed by atoms with van der Waals surface area (Å²) in [6.45, 7) is 0.563. The van der Waals surface area contributed by atoms with E-state index in [4.69, 9.17) is 5.11 Å². The number of hydrogen-bond acceptors (Lipinski definition) is 3. The van der Waals surface area contributed by atoms with E-state index in [1.54, 1.807) is 19.1 Å². The number of aliphatic hydroxyl groups is 1. The van der Waals surface area contributed by atoms with Crippen LogP contribution < -0.4 is 0 Å². The third-order valence-electron chi connectivity index (χ3n) is 1.88. The fourth-order valence-electron chi connectivity index (χ4n) is 1.11. The molecule has 1 atom stereocenters. The average molecular weight is 218 g/mol. The van der Waals surface area contributed by atoms with E-state index < -0.39 is 21.9 Å². The number of halogens is 1. The van der Waals surface area contributed by atoms with Crippen LogP contribution in [-0.4, -0.2) is 25.6 Å². The van der Waals surface area contributed by atoms with Crippen LogP contribution in [0.15, 0.2) is 29.2 Å². The Morgan fingerprint density at radius 3 is 2.50 bits per heavy atom. The molecule has 1 rings (SSSR count). The molecular weight excluding hydrogens is 207 g/mol. The quantitative estimate of drug-likeness (QED) is 0.825. The minimum absolute atomic E-state index is 0.0680. The summed E-state index contributed by atoms with van der Waals surface area (Å²) >= 11 is 0. The summed E-state index contributed by atoms with van der Waals surface area (Å²) in [5.74, 6) is 0. The second-order valence-corrected chi connectivity index (χ2v) is 4.94. The van der Waals surface area contributed by atoms with Crippen LogP contribution in [0.2, 0.25) is 0 Å². The number of rotatable bonds is 3. The Morgan fingerprint density at radius 1 is 1.43 bits per heavy atom. The maximum absolute atomic E-state index is 12.9. The smallest absolute Gasteiger partial charge is 0.228 e. The van der Waals surface area contributed by atoms with Gasteiger partial charge in [-0.15, -0.1) is 0 Å². The largest absolute Gasteiger partial charge is 0.392 e. The zero-order valence-electron chi connectivity index (χ0n) is 7.64. The van der Waals surface area contributed by atoms with Gasteiger partial charge in [0.15, 0.2) is 0 Å². The number of aliphatic hydroxyl groups excluding tert-OH is 1. The average Bonchev–Trinajstić information content (AvgIpc) is 2.17. The predicted octanol–water partition coefficient (Wildman–Crippen LogP) is 1.06. The van der Waals surface area contributed by atoms with Gasteiger partial charge in [-0.1, -0.05) is 18.2 Å². The molecule has 3 nitrogen and oxygen atoms in total. The third-order valence-corrected chi connectivity index (χ3v) is 3.77. The summed E-state index contributed by atoms with van der Waals surface area (Å²) in [4.78, 5) is -0.0680. The lowest BCUT2D eigenvalue weighted by Gasteiger charge is -2.09. The fraction of sp³-hybridized carbons (Fsp3) is 0.333. The second-order valence-electron chi connectivity index (χ2n) is 2.90. The van der Waals surface area contributed by atoms with E-state index in [2.05, 4.69) is 0 Å². The van der Waals surface area contributed by atoms with Crippen LogP contribution in [-0.2, 0) is 9.84 Å². The Hall–Kier alpha value is -0.940. The molecule has 1 aromatic rings. The van der Waals surface area contributed by atoms with E-state index in [0.29, 0.717) is 5.56 Å². The molecule has 0 aliphatic rings. The number of benzene rings is 1. The number of hydrogen-bond donors (Lipinski definition) is 1. The maximum Gasteiger partial charge on any atom is 0.228 e. The normalized spacial score (nSPS) is 13.9. The van der Waals surface area contributed by atoms with Gasteiger partial charge in [0.2, 0.25) is 15.3 Å². The summed E-state index contributed by atoms with van der Waals surface area (Å²) in [7, 11) is -4.04. The van der Waals surface area contributed by atoms with Gasteiger partial charge in [-0.05, 0) is 18.6 Å². The molecule has 0 aliphatic carbocycles. The first-order valence-electron chi connectivity index (χ1n) is 4.04. The van der Waals surface area contributed by atoms with Crippen molar-refractivity contribution in [2.75, 3.05) is 6.61 Å². The van der Waals surface area contributed by atoms with E-state index in [1.165, 1.54) is 12.1 Å². The number of aryl methyl sites for hydroxylation is 1. The molecule has 0 aliphatic heterocycles. The minimum atomic E-state index is -4.04. The molecule has 1 N–H and O–H groups in total. The van der Waals surface area contributed by atoms with Crippen LogP contribution >= 0.6 is 0 Å². The summed E-state index contributed by atoms with van der Waals surface area (Å²) in [6.07, 6.45) is 0. The molecule has 78 valence electrons. The van der Waals surface area contributed by atoms with Crippen LogP contribution in [0.4, 0.5) is 4.39 Å². The standard InChI is InChI=1S/C9H11FO3S/c1-7-4-2-3-5-8(7)14(12,13)9(10)6-11/h2-5,9,11H,6H2,1H3. The second kappa shape index (κ2) is 4.06. The van der Waals surface area contributed by atoms with Crippen LogP contribution in [0.25, 0.3) is 0 Å². The van der Waals surface area contributed by atoms with Gasteiger partial charge in [0, 0.05) is 0 Å². The molecule has 0 radical (unpaired) electrons. The van der Waals surface area contributed by atoms with Crippen molar-refractivity contribution in [3.05, 3.63) is 29.8 Å². The zero-order chi connectivity index (χ0) is 10.8. The van der Waals surface area contributed by atoms with Crippen molar-refractivity contribution in [2.24, 2.45) is 0 Å². The Kier molecular flexibility index (Phi) is 3.23. The van der Waals surface area contributed by atoms with E-state index in [0.717, 1.165) is 0 Å². The molecule has 0 amide bonds. The Bertz CT molecular complexity index is 414. The van der Waals surface area contributed by atoms with Crippen molar-refractivity contribution in [1.29, 1.82) is 0 Å². The van der Waals surface area contributed by atoms with Crippen molar-refractivity contribution in [3.8, 4) is 0 Å². The number of alkyl halides is 1. The van der Waals surface area contributed by atoms with Crippen LogP contribution in [0, 0.1) is 6.92 Å². The fourth-order valence-corrected chi connectivity index (χ4v) is 2.37. The van der Waals surface area contributed by atoms with Crippen molar-refractivity contribution >= 4 is 9.84 Å². The first-order valence-corrected chi connectivity index (χ1v) is 5.59. The van der Waals surface area contributed by atoms with Gasteiger partial charge in [0.1, 0.15) is 0 Å². The van der Waals surface area contributed by atoms with Gasteiger partial charge in [-0.25, -0.2) is 12.8 Å². The first-order chi connectivity index (χ1) is 6.50. The van der Waals surface area contributed by atoms with Gasteiger partial charge in [0.05, 0.1) is 11.5 Å². The zero-order valence-corrected chi connectivity index (χ0v) is 8.46. The van der Waals surface area contributed by atoms with Gasteiger partial charge >= 0.3 is 0 Å². The van der Waals surface area contributed by atoms with Crippen LogP contribution in [0.1, 0.15) is 5.56 Å². The van der Waals surface area contributed by atoms with Gasteiger partial charge in [0.25, 0.3) is 0 Å². The van der Waals surface area contributed by atoms with Crippen molar-refractivity contribution in [1.82, 2.24) is 0 Å². The lowest BCUT2D eigenvalue weighted by Crippen LogP contribution is -2.21. The summed E-state index contributed by atoms with van der Waals surface area (Å²) in [5.41, 5.74) is -1.77. The highest BCUT2D eigenvalue weighted by molar-refractivity contribution is 7.92. The number of sulfone groups is 1. The van der Waals surface area contributed by atoms with Gasteiger partial charge < -0.3 is 5.11 Å². The molecule has 0 aromatic heterocycles. The van der Waals surface area contributed by atoms with Crippen LogP contribution in [0.5, 0.6) is 0 Å². The van der Waals surface area contributed by atoms with Gasteiger partial charge in [-0.2, -0.15) is 0 Å². The Balaban J connectivity index is 3.24. The first kappa shape index (κ1) is 11.1. The van der Waals surface area contributed by atoms with E-state index in [9.17, 15) is 12.8 Å².